The molecule has 1 aliphatic heterocycles. The summed E-state index contributed by atoms with van der Waals surface area (Å²) in [5, 5.41) is 10.6. The van der Waals surface area contributed by atoms with E-state index in [2.05, 4.69) is 19.9 Å². The molecule has 1 saturated heterocycles. The fourth-order valence-corrected chi connectivity index (χ4v) is 4.91. The van der Waals surface area contributed by atoms with Gasteiger partial charge in [0, 0.05) is 30.0 Å². The van der Waals surface area contributed by atoms with E-state index in [0.717, 1.165) is 48.9 Å². The minimum absolute atomic E-state index is 0.0310. The van der Waals surface area contributed by atoms with E-state index in [1.165, 1.54) is 0 Å². The summed E-state index contributed by atoms with van der Waals surface area (Å²) >= 11 is 0. The molecule has 0 saturated carbocycles. The first-order chi connectivity index (χ1) is 16.5. The van der Waals surface area contributed by atoms with E-state index in [0.29, 0.717) is 30.7 Å². The summed E-state index contributed by atoms with van der Waals surface area (Å²) in [6.07, 6.45) is 7.08. The second-order valence-electron chi connectivity index (χ2n) is 8.93. The Balaban J connectivity index is 1.34. The van der Waals surface area contributed by atoms with Gasteiger partial charge in [0.15, 0.2) is 0 Å². The van der Waals surface area contributed by atoms with Gasteiger partial charge in [0.2, 0.25) is 0 Å². The lowest BCUT2D eigenvalue weighted by atomic mass is 9.81. The van der Waals surface area contributed by atoms with E-state index >= 15 is 4.39 Å². The minimum Gasteiger partial charge on any atom is -0.497 e. The number of nitrogens with zero attached hydrogens (tertiary/aromatic N) is 4. The second-order valence-corrected chi connectivity index (χ2v) is 8.93. The maximum atomic E-state index is 15.4. The van der Waals surface area contributed by atoms with Gasteiger partial charge in [0.05, 0.1) is 18.5 Å². The molecule has 1 N–H and O–H groups in total. The van der Waals surface area contributed by atoms with Crippen LogP contribution in [0.25, 0.3) is 10.9 Å². The van der Waals surface area contributed by atoms with Crippen molar-refractivity contribution >= 4 is 16.9 Å². The van der Waals surface area contributed by atoms with Gasteiger partial charge < -0.3 is 14.7 Å². The standard InChI is InChI=1S/C26H31FN4O3/c1-34-20-5-7-25-22(15-20)21(9-12-29-25)24(27)6-4-18-10-14-31(16-23(18)26(32)33)13-2-3-19-8-11-28-17-30-19/h5,7-9,11-12,15,17-18,23-24H,2-4,6,10,13-14,16H2,1H3,(H,32,33)/t18-,23+,24-/m1/s1. The largest absolute Gasteiger partial charge is 0.497 e. The molecule has 180 valence electrons. The first-order valence-electron chi connectivity index (χ1n) is 11.8. The summed E-state index contributed by atoms with van der Waals surface area (Å²) in [4.78, 5) is 26.7. The lowest BCUT2D eigenvalue weighted by Crippen LogP contribution is -2.44. The molecule has 0 aliphatic carbocycles. The lowest BCUT2D eigenvalue weighted by molar-refractivity contribution is -0.146. The quantitative estimate of drug-likeness (QED) is 0.471. The van der Waals surface area contributed by atoms with Crippen LogP contribution >= 0.6 is 0 Å². The summed E-state index contributed by atoms with van der Waals surface area (Å²) in [5.74, 6) is -0.641. The van der Waals surface area contributed by atoms with Crippen LogP contribution in [0.5, 0.6) is 5.75 Å². The summed E-state index contributed by atoms with van der Waals surface area (Å²) in [7, 11) is 1.58. The van der Waals surface area contributed by atoms with Gasteiger partial charge in [-0.15, -0.1) is 0 Å². The number of hydrogen-bond acceptors (Lipinski definition) is 6. The molecular formula is C26H31FN4O3. The molecule has 34 heavy (non-hydrogen) atoms. The molecule has 2 aromatic heterocycles. The molecule has 1 aliphatic rings. The highest BCUT2D eigenvalue weighted by Gasteiger charge is 2.34. The number of halogens is 1. The summed E-state index contributed by atoms with van der Waals surface area (Å²) in [5.41, 5.74) is 2.30. The smallest absolute Gasteiger partial charge is 0.308 e. The molecule has 1 fully saturated rings. The Morgan fingerprint density at radius 3 is 2.91 bits per heavy atom. The van der Waals surface area contributed by atoms with Crippen LogP contribution in [0.2, 0.25) is 0 Å². The number of likely N-dealkylation sites (tertiary alicyclic amines) is 1. The zero-order chi connectivity index (χ0) is 23.9. The Labute approximate surface area is 199 Å². The van der Waals surface area contributed by atoms with Crippen molar-refractivity contribution in [3.05, 3.63) is 60.3 Å². The lowest BCUT2D eigenvalue weighted by Gasteiger charge is -2.36. The number of ether oxygens (including phenoxy) is 1. The van der Waals surface area contributed by atoms with Crippen molar-refractivity contribution in [2.24, 2.45) is 11.8 Å². The van der Waals surface area contributed by atoms with Crippen molar-refractivity contribution in [3.8, 4) is 5.75 Å². The monoisotopic (exact) mass is 466 g/mol. The molecule has 3 atom stereocenters. The van der Waals surface area contributed by atoms with Crippen molar-refractivity contribution in [1.82, 2.24) is 19.9 Å². The van der Waals surface area contributed by atoms with Crippen LogP contribution < -0.4 is 4.74 Å². The van der Waals surface area contributed by atoms with Crippen molar-refractivity contribution < 1.29 is 19.0 Å². The summed E-state index contributed by atoms with van der Waals surface area (Å²) in [6.45, 7) is 2.18. The van der Waals surface area contributed by atoms with E-state index in [1.54, 1.807) is 31.9 Å². The van der Waals surface area contributed by atoms with Crippen molar-refractivity contribution in [2.75, 3.05) is 26.7 Å². The number of hydrogen-bond donors (Lipinski definition) is 1. The molecule has 1 aromatic carbocycles. The number of aliphatic carboxylic acids is 1. The predicted molar refractivity (Wildman–Crippen MR) is 127 cm³/mol. The number of carbonyl (C=O) groups is 1. The number of methoxy groups -OCH3 is 1. The van der Waals surface area contributed by atoms with Crippen LogP contribution in [0.4, 0.5) is 4.39 Å². The van der Waals surface area contributed by atoms with Crippen molar-refractivity contribution in [2.45, 2.75) is 38.3 Å². The molecular weight excluding hydrogens is 435 g/mol. The molecule has 0 bridgehead atoms. The Morgan fingerprint density at radius 1 is 1.26 bits per heavy atom. The van der Waals surface area contributed by atoms with Gasteiger partial charge in [-0.1, -0.05) is 0 Å². The zero-order valence-corrected chi connectivity index (χ0v) is 19.4. The third kappa shape index (κ3) is 5.86. The van der Waals surface area contributed by atoms with Crippen molar-refractivity contribution in [3.63, 3.8) is 0 Å². The average Bonchev–Trinajstić information content (AvgIpc) is 2.87. The molecule has 0 amide bonds. The number of alkyl halides is 1. The number of carboxylic acids is 1. The second kappa shape index (κ2) is 11.3. The Bertz CT molecular complexity index is 1100. The highest BCUT2D eigenvalue weighted by atomic mass is 19.1. The molecule has 0 spiro atoms. The fourth-order valence-electron chi connectivity index (χ4n) is 4.91. The third-order valence-corrected chi connectivity index (χ3v) is 6.82. The van der Waals surface area contributed by atoms with Gasteiger partial charge in [-0.05, 0) is 87.0 Å². The molecule has 3 heterocycles. The number of carboxylic acid groups (broad SMARTS) is 1. The van der Waals surface area contributed by atoms with Crippen LogP contribution in [-0.4, -0.2) is 57.7 Å². The number of fused-ring (bicyclic) bond motifs is 1. The molecule has 7 nitrogen and oxygen atoms in total. The van der Waals surface area contributed by atoms with E-state index in [-0.39, 0.29) is 5.92 Å². The Morgan fingerprint density at radius 2 is 2.15 bits per heavy atom. The van der Waals surface area contributed by atoms with Crippen LogP contribution in [0.15, 0.2) is 49.1 Å². The normalized spacial score (nSPS) is 19.7. The van der Waals surface area contributed by atoms with Gasteiger partial charge in [-0.25, -0.2) is 14.4 Å². The van der Waals surface area contributed by atoms with E-state index in [9.17, 15) is 9.90 Å². The average molecular weight is 467 g/mol. The zero-order valence-electron chi connectivity index (χ0n) is 19.4. The summed E-state index contributed by atoms with van der Waals surface area (Å²) < 4.78 is 20.6. The van der Waals surface area contributed by atoms with Gasteiger partial charge in [0.25, 0.3) is 0 Å². The molecule has 0 unspecified atom stereocenters. The van der Waals surface area contributed by atoms with Crippen LogP contribution in [0.1, 0.15) is 43.1 Å². The van der Waals surface area contributed by atoms with Crippen molar-refractivity contribution in [1.29, 1.82) is 0 Å². The number of aryl methyl sites for hydroxylation is 1. The van der Waals surface area contributed by atoms with Gasteiger partial charge in [-0.2, -0.15) is 0 Å². The van der Waals surface area contributed by atoms with Crippen LogP contribution in [-0.2, 0) is 11.2 Å². The maximum Gasteiger partial charge on any atom is 0.308 e. The Kier molecular flexibility index (Phi) is 8.00. The number of benzene rings is 1. The number of pyridine rings is 1. The predicted octanol–water partition coefficient (Wildman–Crippen LogP) is 4.48. The number of rotatable bonds is 10. The third-order valence-electron chi connectivity index (χ3n) is 6.82. The molecule has 4 rings (SSSR count). The van der Waals surface area contributed by atoms with Gasteiger partial charge >= 0.3 is 5.97 Å². The first kappa shape index (κ1) is 24.0. The number of piperidine rings is 1. The maximum absolute atomic E-state index is 15.4. The highest BCUT2D eigenvalue weighted by Crippen LogP contribution is 2.35. The molecule has 0 radical (unpaired) electrons. The topological polar surface area (TPSA) is 88.4 Å². The number of aromatic nitrogens is 3. The van der Waals surface area contributed by atoms with Crippen LogP contribution in [0, 0.1) is 11.8 Å². The minimum atomic E-state index is -1.18. The Hall–Kier alpha value is -3.13. The fraction of sp³-hybridized carbons (Fsp3) is 0.462. The van der Waals surface area contributed by atoms with Crippen LogP contribution in [0.3, 0.4) is 0 Å². The first-order valence-corrected chi connectivity index (χ1v) is 11.8. The van der Waals surface area contributed by atoms with E-state index in [4.69, 9.17) is 4.74 Å². The SMILES string of the molecule is COc1ccc2nccc([C@H](F)CC[C@@H]3CCN(CCCc4ccncn4)C[C@@H]3C(=O)O)c2c1. The molecule has 3 aromatic rings. The van der Waals surface area contributed by atoms with Gasteiger partial charge in [0.1, 0.15) is 18.2 Å². The molecule has 8 heteroatoms. The van der Waals surface area contributed by atoms with E-state index in [1.807, 2.05) is 24.3 Å². The summed E-state index contributed by atoms with van der Waals surface area (Å²) in [6, 6.07) is 9.06. The van der Waals surface area contributed by atoms with E-state index < -0.39 is 18.1 Å². The highest BCUT2D eigenvalue weighted by molar-refractivity contribution is 5.83. The van der Waals surface area contributed by atoms with Gasteiger partial charge in [-0.3, -0.25) is 9.78 Å².